The van der Waals surface area contributed by atoms with Crippen LogP contribution in [0.5, 0.6) is 0 Å². The van der Waals surface area contributed by atoms with E-state index in [4.69, 9.17) is 16.3 Å². The fraction of sp³-hybridized carbons (Fsp3) is 0.444. The van der Waals surface area contributed by atoms with Gasteiger partial charge in [-0.3, -0.25) is 0 Å². The third kappa shape index (κ3) is 4.35. The lowest BCUT2D eigenvalue weighted by Gasteiger charge is -2.11. The molecule has 0 atom stereocenters. The fourth-order valence-electron chi connectivity index (χ4n) is 2.66. The second-order valence-corrected chi connectivity index (χ2v) is 6.00. The Bertz CT molecular complexity index is 607. The summed E-state index contributed by atoms with van der Waals surface area (Å²) in [5, 5.41) is 4.30. The third-order valence-corrected chi connectivity index (χ3v) is 4.35. The summed E-state index contributed by atoms with van der Waals surface area (Å²) in [5.41, 5.74) is 5.08. The quantitative estimate of drug-likeness (QED) is 0.746. The second-order valence-electron chi connectivity index (χ2n) is 5.60. The average molecular weight is 321 g/mol. The third-order valence-electron chi connectivity index (χ3n) is 3.98. The molecule has 0 saturated carbocycles. The maximum absolute atomic E-state index is 6.28. The van der Waals surface area contributed by atoms with Crippen molar-refractivity contribution in [2.75, 3.05) is 20.3 Å². The predicted molar refractivity (Wildman–Crippen MR) is 92.7 cm³/mol. The highest BCUT2D eigenvalue weighted by Crippen LogP contribution is 2.21. The Labute approximate surface area is 138 Å². The zero-order chi connectivity index (χ0) is 15.9. The van der Waals surface area contributed by atoms with Crippen LogP contribution in [0.3, 0.4) is 0 Å². The van der Waals surface area contributed by atoms with Crippen molar-refractivity contribution in [3.05, 3.63) is 57.9 Å². The number of ether oxygens (including phenoxy) is 1. The zero-order valence-corrected chi connectivity index (χ0v) is 14.4. The first-order valence-corrected chi connectivity index (χ1v) is 8.10. The molecule has 0 aliphatic carbocycles. The molecule has 0 aliphatic rings. The number of methoxy groups -OCH3 is 1. The van der Waals surface area contributed by atoms with Crippen LogP contribution in [0.2, 0.25) is 5.02 Å². The van der Waals surface area contributed by atoms with Gasteiger partial charge in [-0.1, -0.05) is 29.8 Å². The van der Waals surface area contributed by atoms with E-state index < -0.39 is 0 Å². The first kappa shape index (κ1) is 17.1. The van der Waals surface area contributed by atoms with Gasteiger partial charge in [-0.2, -0.15) is 0 Å². The molecule has 1 aromatic carbocycles. The molecule has 0 bridgehead atoms. The van der Waals surface area contributed by atoms with Gasteiger partial charge in [0, 0.05) is 43.2 Å². The molecule has 0 unspecified atom stereocenters. The first-order chi connectivity index (χ1) is 10.6. The number of nitrogens with one attached hydrogen (secondary N) is 1. The fourth-order valence-corrected chi connectivity index (χ4v) is 2.85. The summed E-state index contributed by atoms with van der Waals surface area (Å²) in [5.74, 6) is 0. The summed E-state index contributed by atoms with van der Waals surface area (Å²) in [4.78, 5) is 0. The van der Waals surface area contributed by atoms with Gasteiger partial charge in [0.15, 0.2) is 0 Å². The smallest absolute Gasteiger partial charge is 0.0490 e. The highest BCUT2D eigenvalue weighted by Gasteiger charge is 2.10. The SMILES string of the molecule is COCCCNCc1cc(C)n(Cc2ccccc2Cl)c1C. The van der Waals surface area contributed by atoms with E-state index in [-0.39, 0.29) is 0 Å². The largest absolute Gasteiger partial charge is 0.385 e. The highest BCUT2D eigenvalue weighted by atomic mass is 35.5. The van der Waals surface area contributed by atoms with Gasteiger partial charge in [-0.05, 0) is 50.1 Å². The molecule has 0 spiro atoms. The van der Waals surface area contributed by atoms with Crippen LogP contribution in [0.4, 0.5) is 0 Å². The van der Waals surface area contributed by atoms with Gasteiger partial charge in [0.25, 0.3) is 0 Å². The van der Waals surface area contributed by atoms with Crippen LogP contribution in [-0.2, 0) is 17.8 Å². The summed E-state index contributed by atoms with van der Waals surface area (Å²) in [7, 11) is 1.74. The average Bonchev–Trinajstić information content (AvgIpc) is 2.77. The summed E-state index contributed by atoms with van der Waals surface area (Å²) in [6.07, 6.45) is 1.04. The topological polar surface area (TPSA) is 26.2 Å². The molecular weight excluding hydrogens is 296 g/mol. The van der Waals surface area contributed by atoms with Crippen molar-refractivity contribution < 1.29 is 4.74 Å². The Morgan fingerprint density at radius 1 is 1.18 bits per heavy atom. The van der Waals surface area contributed by atoms with E-state index in [1.54, 1.807) is 7.11 Å². The van der Waals surface area contributed by atoms with Crippen molar-refractivity contribution in [2.45, 2.75) is 33.4 Å². The lowest BCUT2D eigenvalue weighted by Crippen LogP contribution is -2.16. The lowest BCUT2D eigenvalue weighted by molar-refractivity contribution is 0.194. The number of nitrogens with zero attached hydrogens (tertiary/aromatic N) is 1. The van der Waals surface area contributed by atoms with Gasteiger partial charge in [0.2, 0.25) is 0 Å². The maximum Gasteiger partial charge on any atom is 0.0490 e. The minimum atomic E-state index is 0.804. The number of hydrogen-bond donors (Lipinski definition) is 1. The van der Waals surface area contributed by atoms with Gasteiger partial charge in [0.05, 0.1) is 0 Å². The van der Waals surface area contributed by atoms with E-state index in [0.717, 1.165) is 43.2 Å². The molecule has 1 aromatic heterocycles. The number of benzene rings is 1. The zero-order valence-electron chi connectivity index (χ0n) is 13.7. The van der Waals surface area contributed by atoms with Crippen molar-refractivity contribution in [1.29, 1.82) is 0 Å². The van der Waals surface area contributed by atoms with Crippen molar-refractivity contribution in [2.24, 2.45) is 0 Å². The summed E-state index contributed by atoms with van der Waals surface area (Å²) in [6, 6.07) is 10.3. The molecule has 1 heterocycles. The number of hydrogen-bond acceptors (Lipinski definition) is 2. The molecule has 0 saturated heterocycles. The molecule has 0 amide bonds. The van der Waals surface area contributed by atoms with Gasteiger partial charge in [0.1, 0.15) is 0 Å². The van der Waals surface area contributed by atoms with E-state index in [1.165, 1.54) is 17.0 Å². The van der Waals surface area contributed by atoms with E-state index >= 15 is 0 Å². The van der Waals surface area contributed by atoms with Crippen molar-refractivity contribution in [1.82, 2.24) is 9.88 Å². The van der Waals surface area contributed by atoms with Crippen molar-refractivity contribution in [3.8, 4) is 0 Å². The number of aromatic nitrogens is 1. The molecule has 22 heavy (non-hydrogen) atoms. The minimum absolute atomic E-state index is 0.804. The highest BCUT2D eigenvalue weighted by molar-refractivity contribution is 6.31. The predicted octanol–water partition coefficient (Wildman–Crippen LogP) is 3.93. The Kier molecular flexibility index (Phi) is 6.49. The molecule has 3 nitrogen and oxygen atoms in total. The Balaban J connectivity index is 2.02. The molecule has 2 aromatic rings. The van der Waals surface area contributed by atoms with E-state index in [9.17, 15) is 0 Å². The van der Waals surface area contributed by atoms with Crippen LogP contribution in [0, 0.1) is 13.8 Å². The van der Waals surface area contributed by atoms with E-state index in [2.05, 4.69) is 35.9 Å². The van der Waals surface area contributed by atoms with Crippen molar-refractivity contribution in [3.63, 3.8) is 0 Å². The number of halogens is 1. The summed E-state index contributed by atoms with van der Waals surface area (Å²) in [6.45, 7) is 7.82. The number of rotatable bonds is 8. The Morgan fingerprint density at radius 3 is 2.68 bits per heavy atom. The van der Waals surface area contributed by atoms with Crippen LogP contribution in [-0.4, -0.2) is 24.8 Å². The lowest BCUT2D eigenvalue weighted by atomic mass is 10.2. The van der Waals surface area contributed by atoms with Gasteiger partial charge in [-0.15, -0.1) is 0 Å². The normalized spacial score (nSPS) is 11.1. The minimum Gasteiger partial charge on any atom is -0.385 e. The Hall–Kier alpha value is -1.29. The van der Waals surface area contributed by atoms with E-state index in [1.807, 2.05) is 18.2 Å². The van der Waals surface area contributed by atoms with Crippen LogP contribution in [0.15, 0.2) is 30.3 Å². The van der Waals surface area contributed by atoms with E-state index in [0.29, 0.717) is 0 Å². The second kappa shape index (κ2) is 8.37. The summed E-state index contributed by atoms with van der Waals surface area (Å²) < 4.78 is 7.39. The van der Waals surface area contributed by atoms with Crippen LogP contribution in [0.1, 0.15) is 28.9 Å². The van der Waals surface area contributed by atoms with Gasteiger partial charge < -0.3 is 14.6 Å². The summed E-state index contributed by atoms with van der Waals surface area (Å²) >= 11 is 6.28. The molecule has 0 fully saturated rings. The van der Waals surface area contributed by atoms with Crippen LogP contribution in [0.25, 0.3) is 0 Å². The monoisotopic (exact) mass is 320 g/mol. The molecule has 0 radical (unpaired) electrons. The molecule has 0 aliphatic heterocycles. The molecule has 2 rings (SSSR count). The van der Waals surface area contributed by atoms with Gasteiger partial charge >= 0.3 is 0 Å². The van der Waals surface area contributed by atoms with Crippen LogP contribution < -0.4 is 5.32 Å². The molecule has 4 heteroatoms. The van der Waals surface area contributed by atoms with Crippen molar-refractivity contribution >= 4 is 11.6 Å². The molecule has 120 valence electrons. The molecule has 1 N–H and O–H groups in total. The molecular formula is C18H25ClN2O. The maximum atomic E-state index is 6.28. The standard InChI is InChI=1S/C18H25ClN2O/c1-14-11-17(12-20-9-6-10-22-3)15(2)21(14)13-16-7-4-5-8-18(16)19/h4-5,7-8,11,20H,6,9-10,12-13H2,1-3H3. The first-order valence-electron chi connectivity index (χ1n) is 7.72. The Morgan fingerprint density at radius 2 is 1.95 bits per heavy atom. The van der Waals surface area contributed by atoms with Gasteiger partial charge in [-0.25, -0.2) is 0 Å². The number of aryl methyl sites for hydroxylation is 1. The van der Waals surface area contributed by atoms with Crippen LogP contribution >= 0.6 is 11.6 Å².